The first kappa shape index (κ1) is 14.4. The first-order valence-electron chi connectivity index (χ1n) is 5.33. The average Bonchev–Trinajstić information content (AvgIpc) is 2.31. The van der Waals surface area contributed by atoms with Crippen LogP contribution < -0.4 is 11.1 Å². The summed E-state index contributed by atoms with van der Waals surface area (Å²) in [6.07, 6.45) is 2.35. The van der Waals surface area contributed by atoms with Crippen molar-refractivity contribution in [1.29, 1.82) is 0 Å². The van der Waals surface area contributed by atoms with Crippen molar-refractivity contribution >= 4 is 39.1 Å². The average molecular weight is 321 g/mol. The maximum Gasteiger partial charge on any atom is 0.241 e. The minimum atomic E-state index is -0.519. The van der Waals surface area contributed by atoms with Gasteiger partial charge < -0.3 is 11.1 Å². The first-order valence-corrected chi connectivity index (χ1v) is 6.50. The highest BCUT2D eigenvalue weighted by atomic mass is 79.9. The van der Waals surface area contributed by atoms with E-state index >= 15 is 0 Å². The van der Waals surface area contributed by atoms with Crippen molar-refractivity contribution in [3.63, 3.8) is 0 Å². The summed E-state index contributed by atoms with van der Waals surface area (Å²) in [4.78, 5) is 15.7. The van der Waals surface area contributed by atoms with E-state index in [4.69, 9.17) is 17.3 Å². The van der Waals surface area contributed by atoms with Gasteiger partial charge in [0.05, 0.1) is 22.4 Å². The Hall–Kier alpha value is -0.650. The van der Waals surface area contributed by atoms with Crippen molar-refractivity contribution in [2.24, 2.45) is 11.7 Å². The molecule has 6 heteroatoms. The van der Waals surface area contributed by atoms with Gasteiger partial charge in [0.2, 0.25) is 5.91 Å². The van der Waals surface area contributed by atoms with Crippen molar-refractivity contribution in [1.82, 2.24) is 4.98 Å². The molecule has 2 unspecified atom stereocenters. The summed E-state index contributed by atoms with van der Waals surface area (Å²) >= 11 is 9.00. The summed E-state index contributed by atoms with van der Waals surface area (Å²) < 4.78 is 0.633. The molecule has 1 aromatic rings. The molecule has 0 saturated heterocycles. The molecule has 0 aliphatic rings. The highest BCUT2D eigenvalue weighted by molar-refractivity contribution is 9.10. The molecule has 1 heterocycles. The maximum atomic E-state index is 11.8. The van der Waals surface area contributed by atoms with Crippen LogP contribution in [0.2, 0.25) is 5.15 Å². The molecular weight excluding hydrogens is 305 g/mol. The lowest BCUT2D eigenvalue weighted by molar-refractivity contribution is -0.118. The van der Waals surface area contributed by atoms with Gasteiger partial charge >= 0.3 is 0 Å². The van der Waals surface area contributed by atoms with E-state index in [2.05, 4.69) is 26.2 Å². The summed E-state index contributed by atoms with van der Waals surface area (Å²) in [5.74, 6) is -0.0749. The van der Waals surface area contributed by atoms with Crippen molar-refractivity contribution in [3.05, 3.63) is 21.9 Å². The van der Waals surface area contributed by atoms with Crippen LogP contribution in [0.5, 0.6) is 0 Å². The SMILES string of the molecule is CCC(C)C(N)C(=O)Nc1cnc(Cl)c(Br)c1. The lowest BCUT2D eigenvalue weighted by Gasteiger charge is -2.17. The summed E-state index contributed by atoms with van der Waals surface area (Å²) in [6.45, 7) is 3.94. The molecule has 0 spiro atoms. The lowest BCUT2D eigenvalue weighted by atomic mass is 9.99. The molecule has 0 aromatic carbocycles. The Balaban J connectivity index is 2.71. The standard InChI is InChI=1S/C11H15BrClN3O/c1-3-6(2)9(14)11(17)16-7-4-8(12)10(13)15-5-7/h4-6,9H,3,14H2,1-2H3,(H,16,17). The Kier molecular flexibility index (Phi) is 5.36. The number of nitrogens with zero attached hydrogens (tertiary/aromatic N) is 1. The molecule has 3 N–H and O–H groups in total. The van der Waals surface area contributed by atoms with Gasteiger partial charge in [-0.1, -0.05) is 31.9 Å². The van der Waals surface area contributed by atoms with Gasteiger partial charge in [-0.2, -0.15) is 0 Å². The fourth-order valence-corrected chi connectivity index (χ4v) is 1.68. The van der Waals surface area contributed by atoms with Crippen molar-refractivity contribution in [3.8, 4) is 0 Å². The molecule has 17 heavy (non-hydrogen) atoms. The second kappa shape index (κ2) is 6.33. The van der Waals surface area contributed by atoms with Gasteiger partial charge in [0, 0.05) is 0 Å². The third kappa shape index (κ3) is 3.94. The van der Waals surface area contributed by atoms with Gasteiger partial charge in [0.1, 0.15) is 5.15 Å². The molecule has 0 aliphatic carbocycles. The maximum absolute atomic E-state index is 11.8. The number of anilines is 1. The number of nitrogens with one attached hydrogen (secondary N) is 1. The zero-order valence-corrected chi connectivity index (χ0v) is 12.0. The van der Waals surface area contributed by atoms with E-state index in [1.165, 1.54) is 6.20 Å². The zero-order valence-electron chi connectivity index (χ0n) is 9.71. The van der Waals surface area contributed by atoms with Crippen LogP contribution in [0.15, 0.2) is 16.7 Å². The Morgan fingerprint density at radius 1 is 1.71 bits per heavy atom. The molecule has 0 fully saturated rings. The van der Waals surface area contributed by atoms with Crippen LogP contribution in [-0.2, 0) is 4.79 Å². The highest BCUT2D eigenvalue weighted by Crippen LogP contribution is 2.23. The smallest absolute Gasteiger partial charge is 0.241 e. The molecule has 0 saturated carbocycles. The van der Waals surface area contributed by atoms with E-state index in [-0.39, 0.29) is 11.8 Å². The van der Waals surface area contributed by atoms with Crippen LogP contribution >= 0.6 is 27.5 Å². The van der Waals surface area contributed by atoms with E-state index in [0.29, 0.717) is 15.3 Å². The Labute approximate surface area is 114 Å². The monoisotopic (exact) mass is 319 g/mol. The van der Waals surface area contributed by atoms with Gasteiger partial charge in [-0.05, 0) is 27.9 Å². The molecule has 0 bridgehead atoms. The molecule has 0 aliphatic heterocycles. The minimum Gasteiger partial charge on any atom is -0.323 e. The molecule has 94 valence electrons. The summed E-state index contributed by atoms with van der Waals surface area (Å²) in [5.41, 5.74) is 6.39. The minimum absolute atomic E-state index is 0.138. The molecule has 1 amide bonds. The molecule has 4 nitrogen and oxygen atoms in total. The summed E-state index contributed by atoms with van der Waals surface area (Å²) in [7, 11) is 0. The second-order valence-corrected chi connectivity index (χ2v) is 5.11. The van der Waals surface area contributed by atoms with Gasteiger partial charge in [-0.15, -0.1) is 0 Å². The Morgan fingerprint density at radius 3 is 2.88 bits per heavy atom. The quantitative estimate of drug-likeness (QED) is 0.838. The van der Waals surface area contributed by atoms with E-state index < -0.39 is 6.04 Å². The van der Waals surface area contributed by atoms with E-state index in [0.717, 1.165) is 6.42 Å². The number of halogens is 2. The Morgan fingerprint density at radius 2 is 2.35 bits per heavy atom. The topological polar surface area (TPSA) is 68.0 Å². The van der Waals surface area contributed by atoms with Crippen molar-refractivity contribution in [2.45, 2.75) is 26.3 Å². The van der Waals surface area contributed by atoms with Crippen LogP contribution in [0.1, 0.15) is 20.3 Å². The molecule has 1 rings (SSSR count). The fourth-order valence-electron chi connectivity index (χ4n) is 1.23. The zero-order chi connectivity index (χ0) is 13.0. The van der Waals surface area contributed by atoms with E-state index in [1.807, 2.05) is 13.8 Å². The predicted molar refractivity (Wildman–Crippen MR) is 73.0 cm³/mol. The van der Waals surface area contributed by atoms with Gasteiger partial charge in [-0.3, -0.25) is 4.79 Å². The second-order valence-electron chi connectivity index (χ2n) is 3.90. The number of carbonyl (C=O) groups excluding carboxylic acids is 1. The number of carbonyl (C=O) groups is 1. The van der Waals surface area contributed by atoms with Crippen LogP contribution in [-0.4, -0.2) is 16.9 Å². The van der Waals surface area contributed by atoms with E-state index in [9.17, 15) is 4.79 Å². The van der Waals surface area contributed by atoms with Crippen LogP contribution in [0, 0.1) is 5.92 Å². The number of hydrogen-bond acceptors (Lipinski definition) is 3. The third-order valence-corrected chi connectivity index (χ3v) is 3.76. The van der Waals surface area contributed by atoms with Gasteiger partial charge in [0.25, 0.3) is 0 Å². The highest BCUT2D eigenvalue weighted by Gasteiger charge is 2.19. The van der Waals surface area contributed by atoms with Crippen molar-refractivity contribution in [2.75, 3.05) is 5.32 Å². The molecule has 1 aromatic heterocycles. The number of pyridine rings is 1. The summed E-state index contributed by atoms with van der Waals surface area (Å²) in [6, 6.07) is 1.17. The number of nitrogens with two attached hydrogens (primary N) is 1. The number of hydrogen-bond donors (Lipinski definition) is 2. The van der Waals surface area contributed by atoms with Gasteiger partial charge in [-0.25, -0.2) is 4.98 Å². The van der Waals surface area contributed by atoms with Crippen molar-refractivity contribution < 1.29 is 4.79 Å². The first-order chi connectivity index (χ1) is 7.95. The van der Waals surface area contributed by atoms with Crippen LogP contribution in [0.4, 0.5) is 5.69 Å². The number of amides is 1. The lowest BCUT2D eigenvalue weighted by Crippen LogP contribution is -2.40. The third-order valence-electron chi connectivity index (χ3n) is 2.62. The molecule has 2 atom stereocenters. The predicted octanol–water partition coefficient (Wildman–Crippen LogP) is 2.81. The fraction of sp³-hybridized carbons (Fsp3) is 0.455. The van der Waals surface area contributed by atoms with Gasteiger partial charge in [0.15, 0.2) is 0 Å². The Bertz CT molecular complexity index is 414. The van der Waals surface area contributed by atoms with Crippen LogP contribution in [0.3, 0.4) is 0 Å². The number of aromatic nitrogens is 1. The molecular formula is C11H15BrClN3O. The normalized spacial score (nSPS) is 14.2. The summed E-state index contributed by atoms with van der Waals surface area (Å²) in [5, 5.41) is 3.07. The number of rotatable bonds is 4. The molecule has 0 radical (unpaired) electrons. The van der Waals surface area contributed by atoms with Crippen LogP contribution in [0.25, 0.3) is 0 Å². The van der Waals surface area contributed by atoms with E-state index in [1.54, 1.807) is 6.07 Å². The largest absolute Gasteiger partial charge is 0.323 e.